The standard InChI is InChI=1S/C20H31N5O2/c1-4-23(3)19(26)18-16-10-24(11-17(16)18)15-8-13-6-5-7-14(9-15)25(13)20-21-12(2)22-27-20/h13-18H,4-11H2,1-3H3/t13?,14?,15?,16-,17+,18?. The summed E-state index contributed by atoms with van der Waals surface area (Å²) in [6.07, 6.45) is 6.11. The summed E-state index contributed by atoms with van der Waals surface area (Å²) in [6, 6.07) is 2.40. The Kier molecular flexibility index (Phi) is 4.18. The number of piperidine rings is 3. The number of carbonyl (C=O) groups is 1. The molecule has 4 aliphatic rings. The zero-order chi connectivity index (χ0) is 18.7. The van der Waals surface area contributed by atoms with E-state index >= 15 is 0 Å². The van der Waals surface area contributed by atoms with Crippen molar-refractivity contribution in [2.24, 2.45) is 17.8 Å². The van der Waals surface area contributed by atoms with Crippen LogP contribution in [0.5, 0.6) is 0 Å². The normalized spacial score (nSPS) is 38.0. The minimum absolute atomic E-state index is 0.298. The van der Waals surface area contributed by atoms with Crippen LogP contribution in [0.25, 0.3) is 0 Å². The predicted octanol–water partition coefficient (Wildman–Crippen LogP) is 1.92. The molecule has 0 aromatic carbocycles. The number of likely N-dealkylation sites (tertiary alicyclic amines) is 1. The lowest BCUT2D eigenvalue weighted by Gasteiger charge is -2.50. The lowest BCUT2D eigenvalue weighted by molar-refractivity contribution is -0.132. The van der Waals surface area contributed by atoms with Crippen molar-refractivity contribution in [2.75, 3.05) is 31.6 Å². The average Bonchev–Trinajstić information content (AvgIpc) is 2.98. The van der Waals surface area contributed by atoms with Crippen molar-refractivity contribution < 1.29 is 9.32 Å². The summed E-state index contributed by atoms with van der Waals surface area (Å²) in [4.78, 5) is 24.0. The highest BCUT2D eigenvalue weighted by Gasteiger charge is 2.61. The topological polar surface area (TPSA) is 65.7 Å². The molecule has 0 N–H and O–H groups in total. The third kappa shape index (κ3) is 2.85. The van der Waals surface area contributed by atoms with E-state index in [0.29, 0.717) is 41.8 Å². The van der Waals surface area contributed by atoms with E-state index < -0.39 is 0 Å². The summed E-state index contributed by atoms with van der Waals surface area (Å²) in [7, 11) is 1.93. The molecule has 27 heavy (non-hydrogen) atoms. The molecule has 5 rings (SSSR count). The second kappa shape index (κ2) is 6.47. The summed E-state index contributed by atoms with van der Waals surface area (Å²) in [5, 5.41) is 4.00. The van der Waals surface area contributed by atoms with Gasteiger partial charge in [-0.25, -0.2) is 0 Å². The molecule has 3 aliphatic heterocycles. The summed E-state index contributed by atoms with van der Waals surface area (Å²) in [5.74, 6) is 2.58. The average molecular weight is 374 g/mol. The molecule has 0 spiro atoms. The van der Waals surface area contributed by atoms with Gasteiger partial charge in [0.15, 0.2) is 5.82 Å². The predicted molar refractivity (Wildman–Crippen MR) is 101 cm³/mol. The number of nitrogens with zero attached hydrogens (tertiary/aromatic N) is 5. The van der Waals surface area contributed by atoms with Gasteiger partial charge in [-0.3, -0.25) is 9.69 Å². The van der Waals surface area contributed by atoms with Gasteiger partial charge in [0.05, 0.1) is 0 Å². The fraction of sp³-hybridized carbons (Fsp3) is 0.850. The molecule has 4 fully saturated rings. The highest BCUT2D eigenvalue weighted by atomic mass is 16.5. The maximum absolute atomic E-state index is 12.5. The summed E-state index contributed by atoms with van der Waals surface area (Å²) >= 11 is 0. The Morgan fingerprint density at radius 3 is 2.41 bits per heavy atom. The van der Waals surface area contributed by atoms with Crippen molar-refractivity contribution in [3.05, 3.63) is 5.82 Å². The van der Waals surface area contributed by atoms with Gasteiger partial charge in [-0.2, -0.15) is 4.98 Å². The molecule has 0 radical (unpaired) electrons. The third-order valence-electron chi connectivity index (χ3n) is 7.56. The Bertz CT molecular complexity index is 695. The zero-order valence-corrected chi connectivity index (χ0v) is 16.7. The third-order valence-corrected chi connectivity index (χ3v) is 7.56. The van der Waals surface area contributed by atoms with E-state index in [1.165, 1.54) is 32.1 Å². The number of fused-ring (bicyclic) bond motifs is 3. The Morgan fingerprint density at radius 2 is 1.85 bits per heavy atom. The molecule has 1 aliphatic carbocycles. The Balaban J connectivity index is 1.23. The Hall–Kier alpha value is -1.63. The fourth-order valence-corrected chi connectivity index (χ4v) is 5.99. The first kappa shape index (κ1) is 17.5. The molecule has 3 unspecified atom stereocenters. The van der Waals surface area contributed by atoms with E-state index in [1.807, 2.05) is 18.9 Å². The van der Waals surface area contributed by atoms with Gasteiger partial charge in [0.2, 0.25) is 5.91 Å². The smallest absolute Gasteiger partial charge is 0.324 e. The van der Waals surface area contributed by atoms with E-state index in [0.717, 1.165) is 31.5 Å². The summed E-state index contributed by atoms with van der Waals surface area (Å²) in [5.41, 5.74) is 0. The molecule has 1 amide bonds. The van der Waals surface area contributed by atoms with Crippen LogP contribution in [0, 0.1) is 24.7 Å². The van der Waals surface area contributed by atoms with Crippen LogP contribution in [0.1, 0.15) is 44.9 Å². The number of amides is 1. The molecular formula is C20H31N5O2. The van der Waals surface area contributed by atoms with Gasteiger partial charge in [-0.1, -0.05) is 5.16 Å². The molecule has 7 nitrogen and oxygen atoms in total. The SMILES string of the molecule is CCN(C)C(=O)C1[C@H]2CN(C3CC4CCCC(C3)N4c3nc(C)no3)C[C@@H]12. The van der Waals surface area contributed by atoms with Crippen molar-refractivity contribution in [1.29, 1.82) is 0 Å². The monoisotopic (exact) mass is 373 g/mol. The van der Waals surface area contributed by atoms with Crippen molar-refractivity contribution in [3.63, 3.8) is 0 Å². The first-order chi connectivity index (χ1) is 13.1. The van der Waals surface area contributed by atoms with E-state index in [2.05, 4.69) is 26.9 Å². The number of hydrogen-bond donors (Lipinski definition) is 0. The number of hydrogen-bond acceptors (Lipinski definition) is 6. The van der Waals surface area contributed by atoms with Crippen LogP contribution in [-0.2, 0) is 4.79 Å². The first-order valence-electron chi connectivity index (χ1n) is 10.6. The van der Waals surface area contributed by atoms with E-state index in [1.54, 1.807) is 0 Å². The highest BCUT2D eigenvalue weighted by Crippen LogP contribution is 2.54. The first-order valence-corrected chi connectivity index (χ1v) is 10.6. The highest BCUT2D eigenvalue weighted by molar-refractivity contribution is 5.82. The molecule has 3 saturated heterocycles. The number of anilines is 1. The van der Waals surface area contributed by atoms with E-state index in [-0.39, 0.29) is 0 Å². The maximum atomic E-state index is 12.5. The Morgan fingerprint density at radius 1 is 1.19 bits per heavy atom. The van der Waals surface area contributed by atoms with Gasteiger partial charge >= 0.3 is 6.01 Å². The number of rotatable bonds is 4. The van der Waals surface area contributed by atoms with Gasteiger partial charge in [0, 0.05) is 50.7 Å². The zero-order valence-electron chi connectivity index (χ0n) is 16.7. The lowest BCUT2D eigenvalue weighted by Crippen LogP contribution is -2.57. The second-order valence-corrected chi connectivity index (χ2v) is 9.06. The maximum Gasteiger partial charge on any atom is 0.324 e. The molecule has 148 valence electrons. The van der Waals surface area contributed by atoms with Crippen LogP contribution in [0.2, 0.25) is 0 Å². The van der Waals surface area contributed by atoms with Gasteiger partial charge in [0.25, 0.3) is 0 Å². The molecule has 7 heteroatoms. The van der Waals surface area contributed by atoms with Crippen molar-refractivity contribution in [1.82, 2.24) is 19.9 Å². The fourth-order valence-electron chi connectivity index (χ4n) is 5.99. The van der Waals surface area contributed by atoms with Gasteiger partial charge in [-0.05, 0) is 57.8 Å². The molecule has 1 saturated carbocycles. The van der Waals surface area contributed by atoms with Crippen LogP contribution in [0.15, 0.2) is 4.52 Å². The van der Waals surface area contributed by atoms with Gasteiger partial charge < -0.3 is 14.3 Å². The Labute approximate surface area is 161 Å². The summed E-state index contributed by atoms with van der Waals surface area (Å²) < 4.78 is 5.51. The largest absolute Gasteiger partial charge is 0.346 e. The second-order valence-electron chi connectivity index (χ2n) is 9.06. The minimum Gasteiger partial charge on any atom is -0.346 e. The lowest BCUT2D eigenvalue weighted by atomic mass is 9.81. The molecular weight excluding hydrogens is 342 g/mol. The van der Waals surface area contributed by atoms with Crippen LogP contribution >= 0.6 is 0 Å². The summed E-state index contributed by atoms with van der Waals surface area (Å²) in [6.45, 7) is 6.99. The van der Waals surface area contributed by atoms with Crippen LogP contribution in [0.3, 0.4) is 0 Å². The molecule has 1 aromatic rings. The van der Waals surface area contributed by atoms with Crippen LogP contribution < -0.4 is 4.90 Å². The van der Waals surface area contributed by atoms with E-state index in [4.69, 9.17) is 4.52 Å². The van der Waals surface area contributed by atoms with Crippen molar-refractivity contribution >= 4 is 11.9 Å². The number of carbonyl (C=O) groups excluding carboxylic acids is 1. The van der Waals surface area contributed by atoms with Crippen LogP contribution in [0.4, 0.5) is 6.01 Å². The molecule has 1 aromatic heterocycles. The van der Waals surface area contributed by atoms with Crippen LogP contribution in [-0.4, -0.2) is 70.7 Å². The van der Waals surface area contributed by atoms with Crippen molar-refractivity contribution in [3.8, 4) is 0 Å². The van der Waals surface area contributed by atoms with Gasteiger partial charge in [-0.15, -0.1) is 0 Å². The van der Waals surface area contributed by atoms with Crippen molar-refractivity contribution in [2.45, 2.75) is 64.1 Å². The number of aromatic nitrogens is 2. The van der Waals surface area contributed by atoms with E-state index in [9.17, 15) is 4.79 Å². The van der Waals surface area contributed by atoms with Gasteiger partial charge in [0.1, 0.15) is 0 Å². The quantitative estimate of drug-likeness (QED) is 0.803. The number of aryl methyl sites for hydroxylation is 1. The molecule has 5 atom stereocenters. The molecule has 4 heterocycles. The minimum atomic E-state index is 0.298. The molecule has 2 bridgehead atoms.